The van der Waals surface area contributed by atoms with Crippen LogP contribution in [0.25, 0.3) is 0 Å². The van der Waals surface area contributed by atoms with Crippen molar-refractivity contribution < 1.29 is 17.9 Å². The molecule has 0 aliphatic heterocycles. The zero-order chi connectivity index (χ0) is 17.5. The standard InChI is InChI=1S/C15H23ClN2O4S/c1-3-5-10-15(22-14(17)19,11-18-23(20,21)4-2)12-8-6-7-9-13(12)16/h6-9,18H,3-5,10-11H2,1-2H3,(H2,17,19). The first-order chi connectivity index (χ1) is 10.8. The predicted octanol–water partition coefficient (Wildman–Crippen LogP) is 2.76. The maximum Gasteiger partial charge on any atom is 0.405 e. The molecule has 0 saturated carbocycles. The van der Waals surface area contributed by atoms with Gasteiger partial charge >= 0.3 is 6.09 Å². The van der Waals surface area contributed by atoms with Crippen molar-refractivity contribution >= 4 is 27.7 Å². The lowest BCUT2D eigenvalue weighted by atomic mass is 9.88. The Morgan fingerprint density at radius 1 is 1.35 bits per heavy atom. The maximum atomic E-state index is 11.8. The van der Waals surface area contributed by atoms with Gasteiger partial charge in [-0.1, -0.05) is 43.1 Å². The number of benzene rings is 1. The van der Waals surface area contributed by atoms with Gasteiger partial charge in [-0.2, -0.15) is 0 Å². The highest BCUT2D eigenvalue weighted by Crippen LogP contribution is 2.36. The fourth-order valence-corrected chi connectivity index (χ4v) is 3.24. The molecular weight excluding hydrogens is 340 g/mol. The Labute approximate surface area is 142 Å². The summed E-state index contributed by atoms with van der Waals surface area (Å²) in [5.74, 6) is -0.0735. The van der Waals surface area contributed by atoms with E-state index in [-0.39, 0.29) is 12.3 Å². The van der Waals surface area contributed by atoms with E-state index in [0.29, 0.717) is 23.4 Å². The summed E-state index contributed by atoms with van der Waals surface area (Å²) in [6, 6.07) is 6.87. The summed E-state index contributed by atoms with van der Waals surface area (Å²) in [5, 5.41) is 0.389. The lowest BCUT2D eigenvalue weighted by Crippen LogP contribution is -2.45. The van der Waals surface area contributed by atoms with Crippen LogP contribution in [0.4, 0.5) is 4.79 Å². The molecule has 0 bridgehead atoms. The van der Waals surface area contributed by atoms with Crippen LogP contribution in [0.15, 0.2) is 24.3 Å². The third kappa shape index (κ3) is 5.67. The van der Waals surface area contributed by atoms with Gasteiger partial charge < -0.3 is 10.5 Å². The van der Waals surface area contributed by atoms with Gasteiger partial charge in [-0.15, -0.1) is 0 Å². The van der Waals surface area contributed by atoms with E-state index in [1.165, 1.54) is 6.92 Å². The molecule has 3 N–H and O–H groups in total. The molecule has 0 fully saturated rings. The van der Waals surface area contributed by atoms with Crippen molar-refractivity contribution in [1.29, 1.82) is 0 Å². The second-order valence-corrected chi connectivity index (χ2v) is 7.73. The molecule has 0 aromatic heterocycles. The molecule has 0 saturated heterocycles. The molecule has 130 valence electrons. The number of carbonyl (C=O) groups excluding carboxylic acids is 1. The number of nitrogens with two attached hydrogens (primary N) is 1. The quantitative estimate of drug-likeness (QED) is 0.705. The average molecular weight is 363 g/mol. The number of unbranched alkanes of at least 4 members (excludes halogenated alkanes) is 1. The van der Waals surface area contributed by atoms with Crippen LogP contribution in [-0.2, 0) is 20.4 Å². The lowest BCUT2D eigenvalue weighted by Gasteiger charge is -2.34. The van der Waals surface area contributed by atoms with Crippen LogP contribution in [0.2, 0.25) is 5.02 Å². The fourth-order valence-electron chi connectivity index (χ4n) is 2.27. The van der Waals surface area contributed by atoms with Crippen LogP contribution in [0.1, 0.15) is 38.7 Å². The number of sulfonamides is 1. The molecule has 0 spiro atoms. The van der Waals surface area contributed by atoms with Crippen molar-refractivity contribution in [2.24, 2.45) is 5.73 Å². The number of rotatable bonds is 9. The predicted molar refractivity (Wildman–Crippen MR) is 90.8 cm³/mol. The number of ether oxygens (including phenoxy) is 1. The minimum absolute atomic E-state index is 0.0735. The summed E-state index contributed by atoms with van der Waals surface area (Å²) in [6.45, 7) is 3.40. The van der Waals surface area contributed by atoms with Gasteiger partial charge in [0.25, 0.3) is 0 Å². The third-order valence-electron chi connectivity index (χ3n) is 3.55. The Hall–Kier alpha value is -1.31. The van der Waals surface area contributed by atoms with Gasteiger partial charge in [0.15, 0.2) is 5.60 Å². The van der Waals surface area contributed by atoms with Crippen LogP contribution in [0.3, 0.4) is 0 Å². The normalized spacial score (nSPS) is 14.2. The van der Waals surface area contributed by atoms with Gasteiger partial charge in [0.1, 0.15) is 0 Å². The summed E-state index contributed by atoms with van der Waals surface area (Å²) < 4.78 is 31.5. The molecule has 1 amide bonds. The largest absolute Gasteiger partial charge is 0.437 e. The van der Waals surface area contributed by atoms with E-state index in [2.05, 4.69) is 4.72 Å². The molecule has 1 unspecified atom stereocenters. The molecule has 8 heteroatoms. The minimum atomic E-state index is -3.46. The maximum absolute atomic E-state index is 11.8. The summed E-state index contributed by atoms with van der Waals surface area (Å²) in [5.41, 5.74) is 4.53. The molecular formula is C15H23ClN2O4S. The first kappa shape index (κ1) is 19.7. The van der Waals surface area contributed by atoms with E-state index in [4.69, 9.17) is 22.1 Å². The summed E-state index contributed by atoms with van der Waals surface area (Å²) >= 11 is 6.25. The smallest absolute Gasteiger partial charge is 0.405 e. The van der Waals surface area contributed by atoms with Gasteiger partial charge in [-0.3, -0.25) is 0 Å². The van der Waals surface area contributed by atoms with Crippen LogP contribution in [-0.4, -0.2) is 26.8 Å². The molecule has 1 rings (SSSR count). The third-order valence-corrected chi connectivity index (χ3v) is 5.23. The first-order valence-corrected chi connectivity index (χ1v) is 9.50. The molecule has 6 nitrogen and oxygen atoms in total. The average Bonchev–Trinajstić information content (AvgIpc) is 2.50. The summed E-state index contributed by atoms with van der Waals surface area (Å²) in [6.07, 6.45) is 0.987. The zero-order valence-corrected chi connectivity index (χ0v) is 14.9. The highest BCUT2D eigenvalue weighted by molar-refractivity contribution is 7.89. The van der Waals surface area contributed by atoms with Crippen LogP contribution in [0, 0.1) is 0 Å². The van der Waals surface area contributed by atoms with Crippen molar-refractivity contribution in [1.82, 2.24) is 4.72 Å². The van der Waals surface area contributed by atoms with Crippen molar-refractivity contribution in [3.63, 3.8) is 0 Å². The van der Waals surface area contributed by atoms with Crippen LogP contribution < -0.4 is 10.5 Å². The molecule has 23 heavy (non-hydrogen) atoms. The number of halogens is 1. The second kappa shape index (κ2) is 8.52. The van der Waals surface area contributed by atoms with Gasteiger partial charge in [0.2, 0.25) is 10.0 Å². The number of primary amides is 1. The zero-order valence-electron chi connectivity index (χ0n) is 13.3. The highest BCUT2D eigenvalue weighted by Gasteiger charge is 2.38. The number of hydrogen-bond donors (Lipinski definition) is 2. The SMILES string of the molecule is CCCCC(CNS(=O)(=O)CC)(OC(N)=O)c1ccccc1Cl. The Kier molecular flexibility index (Phi) is 7.31. The number of amides is 1. The van der Waals surface area contributed by atoms with Crippen LogP contribution >= 0.6 is 11.6 Å². The monoisotopic (exact) mass is 362 g/mol. The second-order valence-electron chi connectivity index (χ2n) is 5.22. The Morgan fingerprint density at radius 2 is 2.00 bits per heavy atom. The number of nitrogens with one attached hydrogen (secondary N) is 1. The van der Waals surface area contributed by atoms with E-state index < -0.39 is 21.7 Å². The van der Waals surface area contributed by atoms with Crippen molar-refractivity contribution in [3.8, 4) is 0 Å². The first-order valence-electron chi connectivity index (χ1n) is 7.47. The van der Waals surface area contributed by atoms with Gasteiger partial charge in [0.05, 0.1) is 12.3 Å². The van der Waals surface area contributed by atoms with Crippen molar-refractivity contribution in [2.45, 2.75) is 38.7 Å². The minimum Gasteiger partial charge on any atom is -0.437 e. The molecule has 0 heterocycles. The highest BCUT2D eigenvalue weighted by atomic mass is 35.5. The Morgan fingerprint density at radius 3 is 2.52 bits per heavy atom. The van der Waals surface area contributed by atoms with E-state index in [0.717, 1.165) is 6.42 Å². The van der Waals surface area contributed by atoms with Gasteiger partial charge in [-0.05, 0) is 25.8 Å². The van der Waals surface area contributed by atoms with E-state index in [1.54, 1.807) is 24.3 Å². The van der Waals surface area contributed by atoms with Crippen molar-refractivity contribution in [2.75, 3.05) is 12.3 Å². The molecule has 0 aliphatic carbocycles. The Bertz CT molecular complexity index is 636. The molecule has 0 aliphatic rings. The Balaban J connectivity index is 3.29. The van der Waals surface area contributed by atoms with Gasteiger partial charge in [-0.25, -0.2) is 17.9 Å². The van der Waals surface area contributed by atoms with E-state index >= 15 is 0 Å². The number of hydrogen-bond acceptors (Lipinski definition) is 4. The van der Waals surface area contributed by atoms with Crippen LogP contribution in [0.5, 0.6) is 0 Å². The summed E-state index contributed by atoms with van der Waals surface area (Å²) in [7, 11) is -3.46. The van der Waals surface area contributed by atoms with E-state index in [9.17, 15) is 13.2 Å². The van der Waals surface area contributed by atoms with Gasteiger partial charge in [0, 0.05) is 10.6 Å². The topological polar surface area (TPSA) is 98.5 Å². The molecule has 0 radical (unpaired) electrons. The van der Waals surface area contributed by atoms with E-state index in [1.807, 2.05) is 6.92 Å². The molecule has 1 aromatic carbocycles. The molecule has 1 atom stereocenters. The fraction of sp³-hybridized carbons (Fsp3) is 0.533. The molecule has 1 aromatic rings. The number of carbonyl (C=O) groups is 1. The summed E-state index contributed by atoms with van der Waals surface area (Å²) in [4.78, 5) is 11.4. The lowest BCUT2D eigenvalue weighted by molar-refractivity contribution is 0.00835. The van der Waals surface area contributed by atoms with Crippen molar-refractivity contribution in [3.05, 3.63) is 34.9 Å².